The molecule has 12 heterocycles. The Bertz CT molecular complexity index is 4680. The van der Waals surface area contributed by atoms with Crippen molar-refractivity contribution >= 4 is 51.9 Å². The number of anilines is 3. The normalized spacial score (nSPS) is 12.7. The van der Waals surface area contributed by atoms with E-state index in [0.717, 1.165) is 102 Å². The minimum Gasteiger partial charge on any atom is -0.493 e. The number of nitrogens with zero attached hydrogens (tertiary/aromatic N) is 13. The summed E-state index contributed by atoms with van der Waals surface area (Å²) in [5.74, 6) is 3.36. The number of nitrogens with one attached hydrogen (secondary N) is 3. The maximum absolute atomic E-state index is 14.5. The summed E-state index contributed by atoms with van der Waals surface area (Å²) in [6.07, 6.45) is 16.1. The molecule has 4 N–H and O–H groups in total. The quantitative estimate of drug-likeness (QED) is 0.0789. The van der Waals surface area contributed by atoms with Crippen LogP contribution >= 0.6 is 11.3 Å². The monoisotopic (exact) mass is 1200 g/mol. The highest BCUT2D eigenvalue weighted by molar-refractivity contribution is 7.11. The second-order valence-corrected chi connectivity index (χ2v) is 22.4. The molecule has 24 heteroatoms. The van der Waals surface area contributed by atoms with Gasteiger partial charge in [0.05, 0.1) is 76.6 Å². The Morgan fingerprint density at radius 2 is 1.06 bits per heavy atom. The zero-order chi connectivity index (χ0) is 60.6. The van der Waals surface area contributed by atoms with E-state index in [4.69, 9.17) is 20.8 Å². The Hall–Kier alpha value is -10.5. The molecule has 0 spiro atoms. The van der Waals surface area contributed by atoms with E-state index in [-0.39, 0.29) is 36.4 Å². The summed E-state index contributed by atoms with van der Waals surface area (Å²) in [7, 11) is 0. The molecular formula is C64H55F3N16O4S. The fourth-order valence-corrected chi connectivity index (χ4v) is 12.0. The highest BCUT2D eigenvalue weighted by Gasteiger charge is 2.25. The van der Waals surface area contributed by atoms with Crippen LogP contribution in [0.15, 0.2) is 116 Å². The van der Waals surface area contributed by atoms with Crippen LogP contribution in [0, 0.1) is 51.7 Å². The molecule has 0 unspecified atom stereocenters. The minimum atomic E-state index is -0.299. The number of aliphatic hydroxyl groups excluding tert-OH is 1. The molecule has 0 bridgehead atoms. The van der Waals surface area contributed by atoms with Crippen molar-refractivity contribution in [2.45, 2.75) is 73.2 Å². The van der Waals surface area contributed by atoms with Crippen LogP contribution in [-0.4, -0.2) is 83.0 Å². The summed E-state index contributed by atoms with van der Waals surface area (Å²) >= 11 is 1.66. The second kappa shape index (κ2) is 24.1. The number of imidazole rings is 3. The number of aryl methyl sites for hydroxylation is 4. The van der Waals surface area contributed by atoms with Crippen molar-refractivity contribution in [2.75, 3.05) is 35.8 Å². The van der Waals surface area contributed by atoms with Crippen molar-refractivity contribution in [1.82, 2.24) is 58.1 Å². The highest BCUT2D eigenvalue weighted by Crippen LogP contribution is 2.36. The summed E-state index contributed by atoms with van der Waals surface area (Å²) in [5.41, 5.74) is 13.8. The Labute approximate surface area is 505 Å². The van der Waals surface area contributed by atoms with Crippen molar-refractivity contribution in [3.8, 4) is 50.9 Å². The summed E-state index contributed by atoms with van der Waals surface area (Å²) in [6.45, 7) is 17.7. The lowest BCUT2D eigenvalue weighted by molar-refractivity contribution is 0.277. The molecule has 0 aliphatic carbocycles. The lowest BCUT2D eigenvalue weighted by atomic mass is 10.0. The van der Waals surface area contributed by atoms with Gasteiger partial charge < -0.3 is 40.1 Å². The number of aliphatic hydroxyl groups is 1. The van der Waals surface area contributed by atoms with Gasteiger partial charge in [0.25, 0.3) is 5.82 Å². The standard InChI is InChI=1S/C22H17FN6O2.C21H20FN5OS.C21H18FN5O/c1-24-20-11-29-21(28-20)16(13-2-3-14(12-30)25-8-13)9-26-22(29)27-10-17-15-6-7-31-19(15)5-4-18(17)23;1-11-10-27-20(25-11)16(19-12(2)29-13(3)26-19)9-24-21(27)23-8-15-14-6-7-28-18(14)5-4-17(15)22;1-13-12-27-20(26-13)16(18-4-2-3-8-23-18)11-25-21(27)24-10-15-14-7-9-28-19(14)6-5-17(15)22/h2-5,8-9,11,30H,6-7,10,12H2,(H,26,27);4-5,9-10H,6-8H2,1-3H3,(H,23,24);2-6,8,11-12H,7,9-10H2,1H3,(H,24,25). The van der Waals surface area contributed by atoms with Gasteiger partial charge in [-0.25, -0.2) is 43.1 Å². The molecule has 3 aromatic carbocycles. The van der Waals surface area contributed by atoms with Gasteiger partial charge in [-0.3, -0.25) is 23.2 Å². The first-order valence-corrected chi connectivity index (χ1v) is 29.1. The van der Waals surface area contributed by atoms with Crippen LogP contribution < -0.4 is 30.2 Å². The predicted molar refractivity (Wildman–Crippen MR) is 326 cm³/mol. The topological polar surface area (TPSA) is 218 Å². The lowest BCUT2D eigenvalue weighted by Crippen LogP contribution is -2.09. The van der Waals surface area contributed by atoms with Gasteiger partial charge in [0.2, 0.25) is 23.5 Å². The molecule has 0 fully saturated rings. The van der Waals surface area contributed by atoms with Crippen LogP contribution in [0.2, 0.25) is 0 Å². The maximum atomic E-state index is 14.5. The van der Waals surface area contributed by atoms with Crippen molar-refractivity contribution in [3.63, 3.8) is 0 Å². The Kier molecular flexibility index (Phi) is 15.5. The number of rotatable bonds is 13. The number of hydrogen-bond donors (Lipinski definition) is 4. The second-order valence-electron chi connectivity index (χ2n) is 21.0. The molecule has 0 saturated heterocycles. The summed E-state index contributed by atoms with van der Waals surface area (Å²) < 4.78 is 65.5. The molecule has 442 valence electrons. The molecule has 12 aromatic rings. The largest absolute Gasteiger partial charge is 0.493 e. The number of thiazole rings is 1. The molecule has 0 amide bonds. The summed E-state index contributed by atoms with van der Waals surface area (Å²) in [5, 5.41) is 19.9. The number of aromatic nitrogens is 12. The van der Waals surface area contributed by atoms with Crippen LogP contribution in [0.25, 0.3) is 55.4 Å². The molecule has 15 rings (SSSR count). The van der Waals surface area contributed by atoms with Crippen molar-refractivity contribution in [2.24, 2.45) is 0 Å². The van der Waals surface area contributed by atoms with Crippen LogP contribution in [0.1, 0.15) is 60.3 Å². The van der Waals surface area contributed by atoms with Crippen LogP contribution in [0.3, 0.4) is 0 Å². The van der Waals surface area contributed by atoms with Crippen molar-refractivity contribution in [3.05, 3.63) is 206 Å². The smallest absolute Gasteiger partial charge is 0.288 e. The third-order valence-electron chi connectivity index (χ3n) is 15.3. The SMILES string of the molecule is Cc1cn2c(NCc3c(F)ccc4c3CCO4)ncc(-c3ccccn3)c2n1.Cc1cn2c(NCc3c(F)ccc4c3CCO4)ncc(-c3nc(C)sc3C)c2n1.[C-]#[N+]c1cn2c(NCc3c(F)ccc4c3CCO4)ncc(-c3ccc(CO)nc3)c2n1. The Morgan fingerprint density at radius 1 is 0.557 bits per heavy atom. The molecule has 3 aliphatic rings. The van der Waals surface area contributed by atoms with Crippen LogP contribution in [0.5, 0.6) is 17.2 Å². The van der Waals surface area contributed by atoms with Gasteiger partial charge in [0.15, 0.2) is 11.3 Å². The minimum absolute atomic E-state index is 0.146. The molecule has 0 radical (unpaired) electrons. The number of hydrogen-bond acceptors (Lipinski definition) is 17. The average Bonchev–Trinajstić information content (AvgIpc) is 2.83. The molecule has 20 nitrogen and oxygen atoms in total. The van der Waals surface area contributed by atoms with Crippen molar-refractivity contribution < 1.29 is 32.5 Å². The molecule has 9 aromatic heterocycles. The van der Waals surface area contributed by atoms with Crippen molar-refractivity contribution in [1.29, 1.82) is 0 Å². The highest BCUT2D eigenvalue weighted by atomic mass is 32.1. The first-order chi connectivity index (χ1) is 42.9. The average molecular weight is 1200 g/mol. The number of fused-ring (bicyclic) bond motifs is 6. The van der Waals surface area contributed by atoms with E-state index in [1.807, 2.05) is 66.2 Å². The van der Waals surface area contributed by atoms with E-state index in [1.165, 1.54) is 18.2 Å². The van der Waals surface area contributed by atoms with E-state index >= 15 is 0 Å². The zero-order valence-electron chi connectivity index (χ0n) is 48.1. The molecule has 3 aliphatic heterocycles. The fraction of sp³-hybridized carbons (Fsp3) is 0.219. The van der Waals surface area contributed by atoms with E-state index in [1.54, 1.807) is 77.2 Å². The van der Waals surface area contributed by atoms with Gasteiger partial charge in [-0.1, -0.05) is 23.7 Å². The molecule has 0 atom stereocenters. The molecule has 88 heavy (non-hydrogen) atoms. The summed E-state index contributed by atoms with van der Waals surface area (Å²) in [4.78, 5) is 45.2. The Balaban J connectivity index is 0.000000122. The number of benzene rings is 3. The van der Waals surface area contributed by atoms with Gasteiger partial charge >= 0.3 is 0 Å². The fourth-order valence-electron chi connectivity index (χ4n) is 11.2. The zero-order valence-corrected chi connectivity index (χ0v) is 48.9. The van der Waals surface area contributed by atoms with Crippen LogP contribution in [-0.2, 0) is 45.5 Å². The maximum Gasteiger partial charge on any atom is 0.288 e. The lowest BCUT2D eigenvalue weighted by Gasteiger charge is -2.12. The molecular weight excluding hydrogens is 1150 g/mol. The van der Waals surface area contributed by atoms with Gasteiger partial charge in [0.1, 0.15) is 34.7 Å². The number of ether oxygens (including phenoxy) is 3. The molecule has 0 saturated carbocycles. The van der Waals surface area contributed by atoms with Crippen LogP contribution in [0.4, 0.5) is 36.8 Å². The first-order valence-electron chi connectivity index (χ1n) is 28.3. The van der Waals surface area contributed by atoms with E-state index in [2.05, 4.69) is 72.6 Å². The predicted octanol–water partition coefficient (Wildman–Crippen LogP) is 11.8. The van der Waals surface area contributed by atoms with Gasteiger partial charge in [-0.05, 0) is 82.3 Å². The van der Waals surface area contributed by atoms with E-state index in [0.29, 0.717) is 96.5 Å². The number of halogens is 3. The van der Waals surface area contributed by atoms with Gasteiger partial charge in [0, 0.05) is 132 Å². The van der Waals surface area contributed by atoms with E-state index in [9.17, 15) is 18.3 Å². The van der Waals surface area contributed by atoms with E-state index < -0.39 is 0 Å². The number of pyridine rings is 2. The third-order valence-corrected chi connectivity index (χ3v) is 16.2. The third kappa shape index (κ3) is 11.1. The van der Waals surface area contributed by atoms with Gasteiger partial charge in [-0.2, -0.15) is 0 Å². The van der Waals surface area contributed by atoms with Gasteiger partial charge in [-0.15, -0.1) is 11.3 Å². The first kappa shape index (κ1) is 56.6. The Morgan fingerprint density at radius 3 is 1.52 bits per heavy atom. The summed E-state index contributed by atoms with van der Waals surface area (Å²) in [6, 6.07) is 18.6.